The zero-order valence-corrected chi connectivity index (χ0v) is 17.6. The summed E-state index contributed by atoms with van der Waals surface area (Å²) in [7, 11) is -1.36. The molecule has 0 aliphatic heterocycles. The van der Waals surface area contributed by atoms with Gasteiger partial charge in [0, 0.05) is 12.2 Å². The summed E-state index contributed by atoms with van der Waals surface area (Å²) in [6, 6.07) is 9.55. The van der Waals surface area contributed by atoms with E-state index < -0.39 is 16.6 Å². The first-order chi connectivity index (χ1) is 13.2. The zero-order valence-electron chi connectivity index (χ0n) is 16.8. The van der Waals surface area contributed by atoms with E-state index in [-0.39, 0.29) is 12.1 Å². The van der Waals surface area contributed by atoms with Crippen LogP contribution in [-0.2, 0) is 15.7 Å². The quantitative estimate of drug-likeness (QED) is 0.832. The van der Waals surface area contributed by atoms with Crippen LogP contribution >= 0.6 is 0 Å². The van der Waals surface area contributed by atoms with Crippen molar-refractivity contribution in [3.05, 3.63) is 53.9 Å². The minimum atomic E-state index is -1.36. The Balaban J connectivity index is 1.61. The molecule has 1 amide bonds. The summed E-state index contributed by atoms with van der Waals surface area (Å²) in [4.78, 5) is 12.6. The lowest BCUT2D eigenvalue weighted by molar-refractivity contribution is 0.0502. The molecule has 0 radical (unpaired) electrons. The molecule has 1 N–H and O–H groups in total. The van der Waals surface area contributed by atoms with Gasteiger partial charge in [-0.05, 0) is 70.7 Å². The Morgan fingerprint density at radius 3 is 2.57 bits per heavy atom. The Morgan fingerprint density at radius 1 is 1.25 bits per heavy atom. The van der Waals surface area contributed by atoms with Gasteiger partial charge in [-0.2, -0.15) is 9.19 Å². The van der Waals surface area contributed by atoms with Gasteiger partial charge in [-0.3, -0.25) is 0 Å². The fourth-order valence-corrected chi connectivity index (χ4v) is 3.92. The van der Waals surface area contributed by atoms with Crippen LogP contribution in [0.2, 0.25) is 0 Å². The molecule has 0 saturated carbocycles. The predicted molar refractivity (Wildman–Crippen MR) is 110 cm³/mol. The van der Waals surface area contributed by atoms with E-state index in [1.807, 2.05) is 58.0 Å². The van der Waals surface area contributed by atoms with Gasteiger partial charge >= 0.3 is 6.09 Å². The summed E-state index contributed by atoms with van der Waals surface area (Å²) in [6.45, 7) is 7.55. The Kier molecular flexibility index (Phi) is 6.03. The molecule has 0 saturated heterocycles. The Morgan fingerprint density at radius 2 is 1.96 bits per heavy atom. The van der Waals surface area contributed by atoms with Crippen molar-refractivity contribution in [2.45, 2.75) is 63.5 Å². The molecule has 2 aromatic rings. The Bertz CT molecular complexity index is 894. The molecule has 7 heteroatoms. The number of hydrogen-bond donors (Lipinski definition) is 1. The van der Waals surface area contributed by atoms with Crippen LogP contribution in [-0.4, -0.2) is 31.1 Å². The number of allylic oxidation sites excluding steroid dienone is 1. The summed E-state index contributed by atoms with van der Waals surface area (Å²) in [5.41, 5.74) is 2.57. The van der Waals surface area contributed by atoms with Crippen molar-refractivity contribution in [1.29, 1.82) is 0 Å². The number of rotatable bonds is 4. The molecule has 1 aliphatic rings. The number of carbonyl (C=O) groups excluding carboxylic acids is 1. The first kappa shape index (κ1) is 20.3. The maximum atomic E-state index is 12.7. The number of aromatic nitrogens is 2. The summed E-state index contributed by atoms with van der Waals surface area (Å²) in [6.07, 6.45) is 5.80. The smallest absolute Gasteiger partial charge is 0.407 e. The van der Waals surface area contributed by atoms with E-state index in [2.05, 4.69) is 16.5 Å². The van der Waals surface area contributed by atoms with E-state index in [0.29, 0.717) is 0 Å². The topological polar surface area (TPSA) is 73.2 Å². The second-order valence-electron chi connectivity index (χ2n) is 8.01. The van der Waals surface area contributed by atoms with Gasteiger partial charge in [-0.25, -0.2) is 9.00 Å². The van der Waals surface area contributed by atoms with Crippen LogP contribution in [0.15, 0.2) is 47.5 Å². The number of aryl methyl sites for hydroxylation is 1. The second kappa shape index (κ2) is 8.31. The third kappa shape index (κ3) is 5.32. The van der Waals surface area contributed by atoms with Crippen molar-refractivity contribution in [3.8, 4) is 0 Å². The molecule has 1 heterocycles. The molecule has 150 valence electrons. The summed E-state index contributed by atoms with van der Waals surface area (Å²) < 4.78 is 19.5. The third-order valence-corrected chi connectivity index (χ3v) is 5.64. The van der Waals surface area contributed by atoms with E-state index in [1.165, 1.54) is 4.09 Å². The molecule has 1 aliphatic carbocycles. The monoisotopic (exact) mass is 401 g/mol. The molecule has 2 unspecified atom stereocenters. The molecule has 6 nitrogen and oxygen atoms in total. The molecule has 2 atom stereocenters. The van der Waals surface area contributed by atoms with Crippen molar-refractivity contribution >= 4 is 22.7 Å². The van der Waals surface area contributed by atoms with E-state index >= 15 is 0 Å². The van der Waals surface area contributed by atoms with Gasteiger partial charge in [0.1, 0.15) is 5.60 Å². The number of carbonyl (C=O) groups is 1. The van der Waals surface area contributed by atoms with Crippen LogP contribution in [0.3, 0.4) is 0 Å². The van der Waals surface area contributed by atoms with Gasteiger partial charge in [0.05, 0.1) is 10.6 Å². The van der Waals surface area contributed by atoms with E-state index in [9.17, 15) is 9.00 Å². The lowest BCUT2D eigenvalue weighted by Gasteiger charge is -2.25. The van der Waals surface area contributed by atoms with Crippen molar-refractivity contribution in [3.63, 3.8) is 0 Å². The van der Waals surface area contributed by atoms with Crippen LogP contribution in [0, 0.1) is 6.92 Å². The zero-order chi connectivity index (χ0) is 20.3. The number of amides is 1. The molecule has 0 spiro atoms. The molecule has 1 aromatic heterocycles. The first-order valence-corrected chi connectivity index (χ1v) is 10.6. The molecule has 0 bridgehead atoms. The highest BCUT2D eigenvalue weighted by Crippen LogP contribution is 2.26. The minimum absolute atomic E-state index is 0.0578. The van der Waals surface area contributed by atoms with Gasteiger partial charge in [0.15, 0.2) is 11.0 Å². The minimum Gasteiger partial charge on any atom is -0.444 e. The largest absolute Gasteiger partial charge is 0.444 e. The molecule has 1 aromatic carbocycles. The number of benzene rings is 1. The summed E-state index contributed by atoms with van der Waals surface area (Å²) in [5, 5.41) is 7.42. The fraction of sp³-hybridized carbons (Fsp3) is 0.429. The number of nitrogens with one attached hydrogen (secondary N) is 1. The molecular formula is C21H27N3O3S. The van der Waals surface area contributed by atoms with E-state index in [1.54, 1.807) is 6.20 Å². The maximum Gasteiger partial charge on any atom is 0.407 e. The lowest BCUT2D eigenvalue weighted by Crippen LogP contribution is -2.39. The molecule has 3 rings (SSSR count). The van der Waals surface area contributed by atoms with Gasteiger partial charge in [0.2, 0.25) is 0 Å². The van der Waals surface area contributed by atoms with Crippen LogP contribution in [0.1, 0.15) is 51.3 Å². The van der Waals surface area contributed by atoms with E-state index in [0.717, 1.165) is 41.0 Å². The van der Waals surface area contributed by atoms with Crippen LogP contribution in [0.25, 0.3) is 5.57 Å². The third-order valence-electron chi connectivity index (χ3n) is 4.42. The Hall–Kier alpha value is -2.41. The van der Waals surface area contributed by atoms with Crippen molar-refractivity contribution < 1.29 is 13.7 Å². The maximum absolute atomic E-state index is 12.7. The first-order valence-electron chi connectivity index (χ1n) is 9.45. The summed E-state index contributed by atoms with van der Waals surface area (Å²) >= 11 is 0. The fourth-order valence-electron chi connectivity index (χ4n) is 3.01. The lowest BCUT2D eigenvalue weighted by atomic mass is 9.93. The Labute approximate surface area is 168 Å². The van der Waals surface area contributed by atoms with Gasteiger partial charge in [-0.15, -0.1) is 0 Å². The molecule has 28 heavy (non-hydrogen) atoms. The highest BCUT2D eigenvalue weighted by atomic mass is 32.2. The van der Waals surface area contributed by atoms with Crippen LogP contribution < -0.4 is 5.32 Å². The normalized spacial score (nSPS) is 18.3. The number of nitrogens with zero attached hydrogens (tertiary/aromatic N) is 2. The highest BCUT2D eigenvalue weighted by molar-refractivity contribution is 7.83. The second-order valence-corrected chi connectivity index (χ2v) is 9.36. The average Bonchev–Trinajstić information content (AvgIpc) is 3.11. The number of alkyl carbamates (subject to hydrolysis) is 1. The van der Waals surface area contributed by atoms with Gasteiger partial charge in [0.25, 0.3) is 0 Å². The number of ether oxygens (including phenoxy) is 1. The SMILES string of the molecule is Cc1ccc(S(=O)n2ccc(C3=CCC(NC(=O)OC(C)(C)C)CC3)n2)cc1. The summed E-state index contributed by atoms with van der Waals surface area (Å²) in [5.74, 6) is 0. The van der Waals surface area contributed by atoms with Crippen molar-refractivity contribution in [2.75, 3.05) is 0 Å². The molecular weight excluding hydrogens is 374 g/mol. The molecule has 0 fully saturated rings. The van der Waals surface area contributed by atoms with E-state index in [4.69, 9.17) is 4.74 Å². The predicted octanol–water partition coefficient (Wildman–Crippen LogP) is 4.22. The standard InChI is InChI=1S/C21H27N3O3S/c1-15-5-11-18(12-6-15)28(26)24-14-13-19(23-24)16-7-9-17(10-8-16)22-20(25)27-21(2,3)4/h5-7,11-14,17H,8-10H2,1-4H3,(H,22,25). The average molecular weight is 402 g/mol. The highest BCUT2D eigenvalue weighted by Gasteiger charge is 2.22. The van der Waals surface area contributed by atoms with Gasteiger partial charge in [-0.1, -0.05) is 23.8 Å². The van der Waals surface area contributed by atoms with Gasteiger partial charge < -0.3 is 10.1 Å². The van der Waals surface area contributed by atoms with Crippen LogP contribution in [0.5, 0.6) is 0 Å². The van der Waals surface area contributed by atoms with Crippen molar-refractivity contribution in [2.24, 2.45) is 0 Å². The van der Waals surface area contributed by atoms with Crippen molar-refractivity contribution in [1.82, 2.24) is 14.5 Å². The number of hydrogen-bond acceptors (Lipinski definition) is 4. The van der Waals surface area contributed by atoms with Crippen LogP contribution in [0.4, 0.5) is 4.79 Å².